The number of halogens is 2. The van der Waals surface area contributed by atoms with Crippen molar-refractivity contribution in [1.82, 2.24) is 0 Å². The fourth-order valence-corrected chi connectivity index (χ4v) is 1.20. The van der Waals surface area contributed by atoms with Crippen molar-refractivity contribution in [2.45, 2.75) is 18.9 Å². The molecule has 1 atom stereocenters. The molecule has 0 saturated heterocycles. The molecule has 1 aromatic rings. The molecule has 0 spiro atoms. The standard InChI is InChI=1S/C11H12F2O/c1-2-3-4-11(14)9-7-8(12)5-6-10(9)13/h2,5-7,11,14H,1,3-4H2. The van der Waals surface area contributed by atoms with E-state index in [0.29, 0.717) is 12.8 Å². The van der Waals surface area contributed by atoms with Crippen LogP contribution in [0.1, 0.15) is 24.5 Å². The van der Waals surface area contributed by atoms with Gasteiger partial charge in [0.25, 0.3) is 0 Å². The highest BCUT2D eigenvalue weighted by molar-refractivity contribution is 5.21. The Hall–Kier alpha value is -1.22. The summed E-state index contributed by atoms with van der Waals surface area (Å²) in [7, 11) is 0. The summed E-state index contributed by atoms with van der Waals surface area (Å²) in [5.41, 5.74) is 0.00634. The number of aliphatic hydroxyl groups is 1. The van der Waals surface area contributed by atoms with Gasteiger partial charge in [-0.05, 0) is 31.0 Å². The largest absolute Gasteiger partial charge is 0.388 e. The molecule has 1 aromatic carbocycles. The van der Waals surface area contributed by atoms with Crippen LogP contribution in [0.4, 0.5) is 8.78 Å². The molecule has 1 rings (SSSR count). The maximum atomic E-state index is 13.1. The van der Waals surface area contributed by atoms with Crippen LogP contribution in [-0.2, 0) is 0 Å². The van der Waals surface area contributed by atoms with Crippen molar-refractivity contribution in [3.05, 3.63) is 48.1 Å². The van der Waals surface area contributed by atoms with Gasteiger partial charge in [0, 0.05) is 5.56 Å². The second-order valence-corrected chi connectivity index (χ2v) is 3.05. The summed E-state index contributed by atoms with van der Waals surface area (Å²) in [5, 5.41) is 9.50. The molecule has 0 amide bonds. The lowest BCUT2D eigenvalue weighted by atomic mass is 10.0. The molecule has 3 heteroatoms. The molecule has 76 valence electrons. The summed E-state index contributed by atoms with van der Waals surface area (Å²) >= 11 is 0. The van der Waals surface area contributed by atoms with Crippen molar-refractivity contribution in [2.75, 3.05) is 0 Å². The van der Waals surface area contributed by atoms with E-state index in [2.05, 4.69) is 6.58 Å². The van der Waals surface area contributed by atoms with Crippen molar-refractivity contribution in [3.63, 3.8) is 0 Å². The van der Waals surface area contributed by atoms with Gasteiger partial charge >= 0.3 is 0 Å². The van der Waals surface area contributed by atoms with E-state index in [1.54, 1.807) is 6.08 Å². The maximum absolute atomic E-state index is 13.1. The Morgan fingerprint density at radius 1 is 1.43 bits per heavy atom. The van der Waals surface area contributed by atoms with E-state index < -0.39 is 17.7 Å². The van der Waals surface area contributed by atoms with Crippen molar-refractivity contribution in [3.8, 4) is 0 Å². The predicted molar refractivity (Wildman–Crippen MR) is 50.7 cm³/mol. The van der Waals surface area contributed by atoms with E-state index in [0.717, 1.165) is 18.2 Å². The normalized spacial score (nSPS) is 12.5. The Balaban J connectivity index is 2.82. The van der Waals surface area contributed by atoms with Crippen LogP contribution in [0.2, 0.25) is 0 Å². The number of allylic oxidation sites excluding steroid dienone is 1. The van der Waals surface area contributed by atoms with Gasteiger partial charge in [-0.2, -0.15) is 0 Å². The first kappa shape index (κ1) is 10.9. The van der Waals surface area contributed by atoms with Gasteiger partial charge in [0.1, 0.15) is 11.6 Å². The molecule has 1 unspecified atom stereocenters. The number of rotatable bonds is 4. The van der Waals surface area contributed by atoms with Crippen LogP contribution < -0.4 is 0 Å². The van der Waals surface area contributed by atoms with Crippen LogP contribution in [0.3, 0.4) is 0 Å². The molecule has 1 nitrogen and oxygen atoms in total. The van der Waals surface area contributed by atoms with Gasteiger partial charge < -0.3 is 5.11 Å². The Morgan fingerprint density at radius 2 is 2.14 bits per heavy atom. The van der Waals surface area contributed by atoms with Crippen LogP contribution >= 0.6 is 0 Å². The Kier molecular flexibility index (Phi) is 3.77. The molecule has 0 aliphatic carbocycles. The molecule has 14 heavy (non-hydrogen) atoms. The molecule has 0 aliphatic heterocycles. The molecule has 0 bridgehead atoms. The Morgan fingerprint density at radius 3 is 2.79 bits per heavy atom. The molecule has 0 aromatic heterocycles. The Labute approximate surface area is 81.7 Å². The van der Waals surface area contributed by atoms with Gasteiger partial charge in [-0.3, -0.25) is 0 Å². The monoisotopic (exact) mass is 198 g/mol. The van der Waals surface area contributed by atoms with Gasteiger partial charge in [0.2, 0.25) is 0 Å². The first-order chi connectivity index (χ1) is 6.65. The van der Waals surface area contributed by atoms with Gasteiger partial charge in [0.15, 0.2) is 0 Å². The van der Waals surface area contributed by atoms with Crippen LogP contribution in [0.5, 0.6) is 0 Å². The van der Waals surface area contributed by atoms with Crippen LogP contribution in [0.25, 0.3) is 0 Å². The smallest absolute Gasteiger partial charge is 0.129 e. The average molecular weight is 198 g/mol. The summed E-state index contributed by atoms with van der Waals surface area (Å²) in [6.45, 7) is 3.49. The van der Waals surface area contributed by atoms with Crippen LogP contribution in [0.15, 0.2) is 30.9 Å². The molecular weight excluding hydrogens is 186 g/mol. The number of hydrogen-bond acceptors (Lipinski definition) is 1. The second kappa shape index (κ2) is 4.86. The summed E-state index contributed by atoms with van der Waals surface area (Å²) < 4.78 is 25.8. The minimum Gasteiger partial charge on any atom is -0.388 e. The molecule has 0 saturated carbocycles. The number of benzene rings is 1. The van der Waals surface area contributed by atoms with Gasteiger partial charge in [-0.25, -0.2) is 8.78 Å². The van der Waals surface area contributed by atoms with Gasteiger partial charge in [-0.15, -0.1) is 6.58 Å². The van der Waals surface area contributed by atoms with E-state index in [4.69, 9.17) is 0 Å². The zero-order valence-corrected chi connectivity index (χ0v) is 7.71. The fraction of sp³-hybridized carbons (Fsp3) is 0.273. The highest BCUT2D eigenvalue weighted by atomic mass is 19.1. The fourth-order valence-electron chi connectivity index (χ4n) is 1.20. The van der Waals surface area contributed by atoms with Crippen LogP contribution in [0, 0.1) is 11.6 Å². The van der Waals surface area contributed by atoms with Crippen LogP contribution in [-0.4, -0.2) is 5.11 Å². The van der Waals surface area contributed by atoms with Gasteiger partial charge in [-0.1, -0.05) is 6.08 Å². The third kappa shape index (κ3) is 2.64. The summed E-state index contributed by atoms with van der Waals surface area (Å²) in [5.74, 6) is -1.12. The topological polar surface area (TPSA) is 20.2 Å². The lowest BCUT2D eigenvalue weighted by molar-refractivity contribution is 0.163. The van der Waals surface area contributed by atoms with Crippen molar-refractivity contribution < 1.29 is 13.9 Å². The first-order valence-corrected chi connectivity index (χ1v) is 4.39. The van der Waals surface area contributed by atoms with Gasteiger partial charge in [0.05, 0.1) is 6.10 Å². The second-order valence-electron chi connectivity index (χ2n) is 3.05. The molecule has 0 aliphatic rings. The lowest BCUT2D eigenvalue weighted by Crippen LogP contribution is -2.00. The van der Waals surface area contributed by atoms with E-state index >= 15 is 0 Å². The summed E-state index contributed by atoms with van der Waals surface area (Å²) in [6, 6.07) is 3.06. The van der Waals surface area contributed by atoms with E-state index in [9.17, 15) is 13.9 Å². The number of hydrogen-bond donors (Lipinski definition) is 1. The van der Waals surface area contributed by atoms with E-state index in [1.165, 1.54) is 0 Å². The highest BCUT2D eigenvalue weighted by Gasteiger charge is 2.12. The SMILES string of the molecule is C=CCCC(O)c1cc(F)ccc1F. The Bertz CT molecular complexity index is 323. The third-order valence-electron chi connectivity index (χ3n) is 1.96. The highest BCUT2D eigenvalue weighted by Crippen LogP contribution is 2.22. The van der Waals surface area contributed by atoms with E-state index in [1.807, 2.05) is 0 Å². The maximum Gasteiger partial charge on any atom is 0.129 e. The predicted octanol–water partition coefficient (Wildman–Crippen LogP) is 2.96. The minimum atomic E-state index is -0.969. The summed E-state index contributed by atoms with van der Waals surface area (Å²) in [4.78, 5) is 0. The van der Waals surface area contributed by atoms with Crippen molar-refractivity contribution in [1.29, 1.82) is 0 Å². The molecule has 0 heterocycles. The molecular formula is C11H12F2O. The average Bonchev–Trinajstić information content (AvgIpc) is 2.18. The lowest BCUT2D eigenvalue weighted by Gasteiger charge is -2.10. The zero-order chi connectivity index (χ0) is 10.6. The molecule has 0 fully saturated rings. The third-order valence-corrected chi connectivity index (χ3v) is 1.96. The minimum absolute atomic E-state index is 0.00634. The quantitative estimate of drug-likeness (QED) is 0.737. The molecule has 0 radical (unpaired) electrons. The van der Waals surface area contributed by atoms with E-state index in [-0.39, 0.29) is 5.56 Å². The molecule has 1 N–H and O–H groups in total. The summed E-state index contributed by atoms with van der Waals surface area (Å²) in [6.07, 6.45) is 1.57. The first-order valence-electron chi connectivity index (χ1n) is 4.39. The number of aliphatic hydroxyl groups excluding tert-OH is 1. The van der Waals surface area contributed by atoms with Crippen molar-refractivity contribution in [2.24, 2.45) is 0 Å². The van der Waals surface area contributed by atoms with Crippen molar-refractivity contribution >= 4 is 0 Å². The zero-order valence-electron chi connectivity index (χ0n) is 7.71.